The van der Waals surface area contributed by atoms with Gasteiger partial charge in [-0.15, -0.1) is 0 Å². The maximum atomic E-state index is 6.30. The third-order valence-corrected chi connectivity index (χ3v) is 4.18. The van der Waals surface area contributed by atoms with Gasteiger partial charge in [-0.2, -0.15) is 0 Å². The van der Waals surface area contributed by atoms with Gasteiger partial charge in [0.25, 0.3) is 0 Å². The van der Waals surface area contributed by atoms with Gasteiger partial charge in [-0.1, -0.05) is 33.6 Å². The number of benzene rings is 1. The first-order valence-electron chi connectivity index (χ1n) is 5.83. The van der Waals surface area contributed by atoms with Crippen molar-refractivity contribution in [2.24, 2.45) is 0 Å². The Morgan fingerprint density at radius 1 is 1.21 bits per heavy atom. The second-order valence-electron chi connectivity index (χ2n) is 4.18. The molecule has 2 aromatic rings. The third-order valence-electron chi connectivity index (χ3n) is 2.89. The molecule has 2 rings (SSSR count). The van der Waals surface area contributed by atoms with E-state index >= 15 is 0 Å². The molecule has 1 aromatic heterocycles. The van der Waals surface area contributed by atoms with Gasteiger partial charge in [-0.3, -0.25) is 4.98 Å². The van der Waals surface area contributed by atoms with Crippen molar-refractivity contribution in [3.05, 3.63) is 61.8 Å². The molecule has 0 fully saturated rings. The van der Waals surface area contributed by atoms with Crippen molar-refractivity contribution in [1.82, 2.24) is 10.3 Å². The van der Waals surface area contributed by atoms with E-state index in [9.17, 15) is 0 Å². The molecule has 100 valence electrons. The van der Waals surface area contributed by atoms with Crippen LogP contribution in [-0.2, 0) is 6.42 Å². The number of hydrogen-bond acceptors (Lipinski definition) is 2. The minimum atomic E-state index is 0.147. The SMILES string of the molecule is CNC(Cc1ccc(Br)cn1)c1ccc(Br)cc1Cl. The van der Waals surface area contributed by atoms with Crippen LogP contribution < -0.4 is 5.32 Å². The van der Waals surface area contributed by atoms with E-state index in [0.29, 0.717) is 0 Å². The molecule has 0 aliphatic heterocycles. The second kappa shape index (κ2) is 6.84. The Kier molecular flexibility index (Phi) is 5.39. The summed E-state index contributed by atoms with van der Waals surface area (Å²) in [5, 5.41) is 4.05. The first-order valence-corrected chi connectivity index (χ1v) is 7.79. The van der Waals surface area contributed by atoms with Gasteiger partial charge in [-0.05, 0) is 52.8 Å². The molecule has 0 amide bonds. The van der Waals surface area contributed by atoms with Gasteiger partial charge in [0, 0.05) is 38.3 Å². The van der Waals surface area contributed by atoms with E-state index < -0.39 is 0 Å². The Bertz CT molecular complexity index is 558. The Morgan fingerprint density at radius 3 is 2.53 bits per heavy atom. The number of halogens is 3. The van der Waals surface area contributed by atoms with Crippen LogP contribution in [0.1, 0.15) is 17.3 Å². The molecule has 0 spiro atoms. The number of pyridine rings is 1. The summed E-state index contributed by atoms with van der Waals surface area (Å²) in [5.74, 6) is 0. The van der Waals surface area contributed by atoms with Gasteiger partial charge in [0.1, 0.15) is 0 Å². The average molecular weight is 405 g/mol. The number of hydrogen-bond donors (Lipinski definition) is 1. The fraction of sp³-hybridized carbons (Fsp3) is 0.214. The average Bonchev–Trinajstić information content (AvgIpc) is 2.39. The van der Waals surface area contributed by atoms with Crippen LogP contribution in [0.4, 0.5) is 0 Å². The quantitative estimate of drug-likeness (QED) is 0.795. The Hall–Kier alpha value is -0.420. The van der Waals surface area contributed by atoms with Gasteiger partial charge in [0.15, 0.2) is 0 Å². The summed E-state index contributed by atoms with van der Waals surface area (Å²) in [6.45, 7) is 0. The molecule has 0 bridgehead atoms. The van der Waals surface area contributed by atoms with Crippen LogP contribution in [0.5, 0.6) is 0 Å². The van der Waals surface area contributed by atoms with Gasteiger partial charge >= 0.3 is 0 Å². The second-order valence-corrected chi connectivity index (χ2v) is 6.42. The zero-order valence-corrected chi connectivity index (χ0v) is 14.3. The lowest BCUT2D eigenvalue weighted by Crippen LogP contribution is -2.19. The van der Waals surface area contributed by atoms with Crippen LogP contribution in [0.25, 0.3) is 0 Å². The zero-order valence-electron chi connectivity index (χ0n) is 10.3. The topological polar surface area (TPSA) is 24.9 Å². The number of aromatic nitrogens is 1. The molecule has 0 saturated heterocycles. The van der Waals surface area contributed by atoms with Crippen molar-refractivity contribution in [2.75, 3.05) is 7.05 Å². The molecule has 1 N–H and O–H groups in total. The predicted molar refractivity (Wildman–Crippen MR) is 86.6 cm³/mol. The lowest BCUT2D eigenvalue weighted by Gasteiger charge is -2.18. The molecule has 19 heavy (non-hydrogen) atoms. The van der Waals surface area contributed by atoms with E-state index in [2.05, 4.69) is 42.2 Å². The summed E-state index contributed by atoms with van der Waals surface area (Å²) in [4.78, 5) is 4.40. The minimum absolute atomic E-state index is 0.147. The first-order chi connectivity index (χ1) is 9.10. The van der Waals surface area contributed by atoms with E-state index in [1.54, 1.807) is 0 Å². The van der Waals surface area contributed by atoms with Gasteiger partial charge in [0.05, 0.1) is 0 Å². The number of likely N-dealkylation sites (N-methyl/N-ethyl adjacent to an activating group) is 1. The molecular formula is C14H13Br2ClN2. The first kappa shape index (κ1) is 15.0. The normalized spacial score (nSPS) is 12.4. The van der Waals surface area contributed by atoms with Crippen LogP contribution in [0.2, 0.25) is 5.02 Å². The van der Waals surface area contributed by atoms with E-state index in [0.717, 1.165) is 31.6 Å². The molecule has 1 unspecified atom stereocenters. The van der Waals surface area contributed by atoms with E-state index in [1.165, 1.54) is 0 Å². The standard InChI is InChI=1S/C14H13Br2ClN2/c1-18-14(7-11-4-2-10(16)8-19-11)12-5-3-9(15)6-13(12)17/h2-6,8,14,18H,7H2,1H3. The highest BCUT2D eigenvalue weighted by Gasteiger charge is 2.14. The third kappa shape index (κ3) is 4.02. The predicted octanol–water partition coefficient (Wildman–Crippen LogP) is 4.76. The van der Waals surface area contributed by atoms with Crippen LogP contribution in [0, 0.1) is 0 Å². The fourth-order valence-electron chi connectivity index (χ4n) is 1.89. The smallest absolute Gasteiger partial charge is 0.0465 e. The van der Waals surface area contributed by atoms with Crippen molar-refractivity contribution in [3.63, 3.8) is 0 Å². The van der Waals surface area contributed by atoms with Crippen molar-refractivity contribution < 1.29 is 0 Å². The Balaban J connectivity index is 2.22. The molecule has 2 nitrogen and oxygen atoms in total. The fourth-order valence-corrected chi connectivity index (χ4v) is 2.93. The Labute approximate surface area is 134 Å². The highest BCUT2D eigenvalue weighted by atomic mass is 79.9. The van der Waals surface area contributed by atoms with E-state index in [-0.39, 0.29) is 6.04 Å². The molecule has 0 radical (unpaired) electrons. The van der Waals surface area contributed by atoms with Gasteiger partial charge < -0.3 is 5.32 Å². The van der Waals surface area contributed by atoms with E-state index in [1.807, 2.05) is 43.6 Å². The van der Waals surface area contributed by atoms with Crippen molar-refractivity contribution in [2.45, 2.75) is 12.5 Å². The summed E-state index contributed by atoms with van der Waals surface area (Å²) in [6, 6.07) is 10.1. The molecule has 1 aromatic carbocycles. The molecule has 0 aliphatic carbocycles. The summed E-state index contributed by atoms with van der Waals surface area (Å²) in [6.07, 6.45) is 2.61. The van der Waals surface area contributed by atoms with Crippen molar-refractivity contribution >= 4 is 43.5 Å². The van der Waals surface area contributed by atoms with Gasteiger partial charge in [0.2, 0.25) is 0 Å². The molecule has 1 heterocycles. The number of nitrogens with zero attached hydrogens (tertiary/aromatic N) is 1. The number of nitrogens with one attached hydrogen (secondary N) is 1. The largest absolute Gasteiger partial charge is 0.313 e. The molecule has 0 saturated carbocycles. The van der Waals surface area contributed by atoms with Crippen molar-refractivity contribution in [3.8, 4) is 0 Å². The molecule has 5 heteroatoms. The summed E-state index contributed by atoms with van der Waals surface area (Å²) in [7, 11) is 1.93. The van der Waals surface area contributed by atoms with Crippen LogP contribution in [0.3, 0.4) is 0 Å². The number of rotatable bonds is 4. The summed E-state index contributed by atoms with van der Waals surface area (Å²) >= 11 is 13.1. The summed E-state index contributed by atoms with van der Waals surface area (Å²) < 4.78 is 1.97. The lowest BCUT2D eigenvalue weighted by molar-refractivity contribution is 0.584. The summed E-state index contributed by atoms with van der Waals surface area (Å²) in [5.41, 5.74) is 2.11. The van der Waals surface area contributed by atoms with Gasteiger partial charge in [-0.25, -0.2) is 0 Å². The van der Waals surface area contributed by atoms with Crippen LogP contribution in [-0.4, -0.2) is 12.0 Å². The van der Waals surface area contributed by atoms with Crippen LogP contribution >= 0.6 is 43.5 Å². The molecular weight excluding hydrogens is 391 g/mol. The monoisotopic (exact) mass is 402 g/mol. The Morgan fingerprint density at radius 2 is 1.95 bits per heavy atom. The molecule has 0 aliphatic rings. The maximum absolute atomic E-state index is 6.30. The van der Waals surface area contributed by atoms with E-state index in [4.69, 9.17) is 11.6 Å². The zero-order chi connectivity index (χ0) is 13.8. The highest BCUT2D eigenvalue weighted by Crippen LogP contribution is 2.28. The molecule has 1 atom stereocenters. The highest BCUT2D eigenvalue weighted by molar-refractivity contribution is 9.10. The van der Waals surface area contributed by atoms with Crippen molar-refractivity contribution in [1.29, 1.82) is 0 Å². The lowest BCUT2D eigenvalue weighted by atomic mass is 10.0. The van der Waals surface area contributed by atoms with Crippen LogP contribution in [0.15, 0.2) is 45.5 Å². The maximum Gasteiger partial charge on any atom is 0.0465 e. The minimum Gasteiger partial charge on any atom is -0.313 e.